The molecule has 6 nitrogen and oxygen atoms in total. The molecule has 0 atom stereocenters. The van der Waals surface area contributed by atoms with E-state index in [0.717, 1.165) is 0 Å². The molecule has 0 aliphatic carbocycles. The molecule has 1 heterocycles. The third-order valence-electron chi connectivity index (χ3n) is 3.13. The summed E-state index contributed by atoms with van der Waals surface area (Å²) in [6.45, 7) is 0.255. The number of rotatable bonds is 5. The molecule has 0 radical (unpaired) electrons. The predicted octanol–water partition coefficient (Wildman–Crippen LogP) is 3.21. The maximum absolute atomic E-state index is 13.6. The Morgan fingerprint density at radius 1 is 1.08 bits per heavy atom. The van der Waals surface area contributed by atoms with E-state index in [1.807, 2.05) is 6.07 Å². The van der Waals surface area contributed by atoms with Crippen molar-refractivity contribution in [2.75, 3.05) is 6.54 Å². The molecule has 24 heavy (non-hydrogen) atoms. The van der Waals surface area contributed by atoms with Gasteiger partial charge in [-0.2, -0.15) is 0 Å². The number of nitrogens with zero attached hydrogens (tertiary/aromatic N) is 2. The van der Waals surface area contributed by atoms with Crippen LogP contribution in [0.25, 0.3) is 11.5 Å². The van der Waals surface area contributed by atoms with E-state index in [0.29, 0.717) is 18.1 Å². The average Bonchev–Trinajstić information content (AvgIpc) is 3.05. The Kier molecular flexibility index (Phi) is 4.81. The molecule has 122 valence electrons. The van der Waals surface area contributed by atoms with Crippen molar-refractivity contribution < 1.29 is 18.3 Å². The molecule has 0 fully saturated rings. The Labute approximate surface area is 137 Å². The number of hydrogen-bond donors (Lipinski definition) is 1. The Morgan fingerprint density at radius 2 is 1.83 bits per heavy atom. The Balaban J connectivity index is 1.51. The lowest BCUT2D eigenvalue weighted by molar-refractivity contribution is 0.200. The van der Waals surface area contributed by atoms with Crippen LogP contribution in [-0.4, -0.2) is 22.8 Å². The fourth-order valence-electron chi connectivity index (χ4n) is 2.00. The predicted molar refractivity (Wildman–Crippen MR) is 83.9 cm³/mol. The van der Waals surface area contributed by atoms with Crippen LogP contribution in [0.15, 0.2) is 59.0 Å². The second kappa shape index (κ2) is 7.36. The Hall–Kier alpha value is -3.22. The van der Waals surface area contributed by atoms with Crippen LogP contribution in [0, 0.1) is 5.82 Å². The maximum Gasteiger partial charge on any atom is 0.412 e. The zero-order valence-electron chi connectivity index (χ0n) is 12.6. The van der Waals surface area contributed by atoms with Gasteiger partial charge in [-0.15, -0.1) is 10.2 Å². The van der Waals surface area contributed by atoms with E-state index in [1.54, 1.807) is 42.5 Å². The first-order chi connectivity index (χ1) is 11.7. The highest BCUT2D eigenvalue weighted by atomic mass is 19.1. The molecule has 3 rings (SSSR count). The highest BCUT2D eigenvalue weighted by Gasteiger charge is 2.12. The van der Waals surface area contributed by atoms with Crippen molar-refractivity contribution in [1.82, 2.24) is 15.5 Å². The minimum absolute atomic E-state index is 0.106. The van der Waals surface area contributed by atoms with Gasteiger partial charge in [0.1, 0.15) is 11.6 Å². The molecular weight excluding hydrogens is 313 g/mol. The topological polar surface area (TPSA) is 77.3 Å². The molecule has 0 aliphatic rings. The molecule has 0 unspecified atom stereocenters. The van der Waals surface area contributed by atoms with Crippen LogP contribution in [0.3, 0.4) is 0 Å². The Morgan fingerprint density at radius 3 is 2.62 bits per heavy atom. The van der Waals surface area contributed by atoms with Crippen LogP contribution in [0.4, 0.5) is 9.18 Å². The van der Waals surface area contributed by atoms with Crippen molar-refractivity contribution in [2.45, 2.75) is 6.42 Å². The third-order valence-corrected chi connectivity index (χ3v) is 3.13. The first-order valence-corrected chi connectivity index (χ1v) is 7.30. The molecule has 1 aromatic heterocycles. The minimum atomic E-state index is -0.574. The van der Waals surface area contributed by atoms with Crippen LogP contribution in [-0.2, 0) is 6.42 Å². The number of amides is 1. The molecule has 1 N–H and O–H groups in total. The molecule has 0 saturated carbocycles. The van der Waals surface area contributed by atoms with Gasteiger partial charge in [0.05, 0.1) is 5.56 Å². The number of carbonyl (C=O) groups excluding carboxylic acids is 1. The number of halogens is 1. The monoisotopic (exact) mass is 327 g/mol. The summed E-state index contributed by atoms with van der Waals surface area (Å²) < 4.78 is 24.1. The minimum Gasteiger partial charge on any atom is -0.421 e. The number of benzene rings is 2. The molecule has 0 spiro atoms. The lowest BCUT2D eigenvalue weighted by Gasteiger charge is -2.04. The number of aromatic nitrogens is 2. The number of ether oxygens (including phenoxy) is 1. The zero-order valence-corrected chi connectivity index (χ0v) is 12.6. The van der Waals surface area contributed by atoms with Crippen LogP contribution < -0.4 is 10.1 Å². The van der Waals surface area contributed by atoms with Crippen molar-refractivity contribution in [3.8, 4) is 17.2 Å². The standard InChI is InChI=1S/C17H14FN3O3/c18-14-9-5-4-8-13(14)16-21-20-15(24-16)10-11-19-17(22)23-12-6-2-1-3-7-12/h1-9H,10-11H2,(H,19,22). The fourth-order valence-corrected chi connectivity index (χ4v) is 2.00. The van der Waals surface area contributed by atoms with Gasteiger partial charge >= 0.3 is 6.09 Å². The van der Waals surface area contributed by atoms with Gasteiger partial charge in [0.15, 0.2) is 0 Å². The van der Waals surface area contributed by atoms with Gasteiger partial charge in [-0.25, -0.2) is 9.18 Å². The van der Waals surface area contributed by atoms with Gasteiger partial charge < -0.3 is 14.5 Å². The lowest BCUT2D eigenvalue weighted by atomic mass is 10.2. The first kappa shape index (κ1) is 15.7. The molecule has 2 aromatic carbocycles. The van der Waals surface area contributed by atoms with Crippen LogP contribution in [0.5, 0.6) is 5.75 Å². The largest absolute Gasteiger partial charge is 0.421 e. The summed E-state index contributed by atoms with van der Waals surface area (Å²) in [6.07, 6.45) is -0.263. The average molecular weight is 327 g/mol. The number of hydrogen-bond acceptors (Lipinski definition) is 5. The molecule has 0 saturated heterocycles. The molecular formula is C17H14FN3O3. The summed E-state index contributed by atoms with van der Waals surface area (Å²) in [6, 6.07) is 14.9. The van der Waals surface area contributed by atoms with Gasteiger partial charge in [-0.05, 0) is 24.3 Å². The van der Waals surface area contributed by atoms with Crippen LogP contribution in [0.2, 0.25) is 0 Å². The summed E-state index contributed by atoms with van der Waals surface area (Å²) in [5.41, 5.74) is 0.243. The summed E-state index contributed by atoms with van der Waals surface area (Å²) >= 11 is 0. The van der Waals surface area contributed by atoms with Gasteiger partial charge in [0.25, 0.3) is 5.89 Å². The maximum atomic E-state index is 13.6. The summed E-state index contributed by atoms with van der Waals surface area (Å²) in [5.74, 6) is 0.426. The fraction of sp³-hybridized carbons (Fsp3) is 0.118. The second-order valence-electron chi connectivity index (χ2n) is 4.86. The Bertz CT molecular complexity index is 821. The van der Waals surface area contributed by atoms with E-state index in [9.17, 15) is 9.18 Å². The van der Waals surface area contributed by atoms with Crippen LogP contribution in [0.1, 0.15) is 5.89 Å². The van der Waals surface area contributed by atoms with Gasteiger partial charge in [-0.3, -0.25) is 0 Å². The first-order valence-electron chi connectivity index (χ1n) is 7.30. The van der Waals surface area contributed by atoms with E-state index in [2.05, 4.69) is 15.5 Å². The van der Waals surface area contributed by atoms with Crippen molar-refractivity contribution >= 4 is 6.09 Å². The SMILES string of the molecule is O=C(NCCc1nnc(-c2ccccc2F)o1)Oc1ccccc1. The smallest absolute Gasteiger partial charge is 0.412 e. The molecule has 1 amide bonds. The number of carbonyl (C=O) groups is 1. The normalized spacial score (nSPS) is 10.4. The van der Waals surface area contributed by atoms with Crippen molar-refractivity contribution in [3.63, 3.8) is 0 Å². The van der Waals surface area contributed by atoms with Crippen molar-refractivity contribution in [3.05, 3.63) is 66.3 Å². The summed E-state index contributed by atoms with van der Waals surface area (Å²) in [7, 11) is 0. The summed E-state index contributed by atoms with van der Waals surface area (Å²) in [5, 5.41) is 10.2. The summed E-state index contributed by atoms with van der Waals surface area (Å²) in [4.78, 5) is 11.6. The number of para-hydroxylation sites is 1. The van der Waals surface area contributed by atoms with Crippen molar-refractivity contribution in [2.24, 2.45) is 0 Å². The van der Waals surface area contributed by atoms with Gasteiger partial charge in [0.2, 0.25) is 5.89 Å². The number of nitrogens with one attached hydrogen (secondary N) is 1. The lowest BCUT2D eigenvalue weighted by Crippen LogP contribution is -2.28. The van der Waals surface area contributed by atoms with Crippen LogP contribution >= 0.6 is 0 Å². The highest BCUT2D eigenvalue weighted by Crippen LogP contribution is 2.20. The quantitative estimate of drug-likeness (QED) is 0.778. The molecule has 3 aromatic rings. The molecule has 7 heteroatoms. The van der Waals surface area contributed by atoms with E-state index < -0.39 is 11.9 Å². The van der Waals surface area contributed by atoms with Gasteiger partial charge in [0, 0.05) is 13.0 Å². The molecule has 0 aliphatic heterocycles. The zero-order chi connectivity index (χ0) is 16.8. The third kappa shape index (κ3) is 3.95. The molecule has 0 bridgehead atoms. The highest BCUT2D eigenvalue weighted by molar-refractivity contribution is 5.70. The van der Waals surface area contributed by atoms with E-state index in [1.165, 1.54) is 6.07 Å². The van der Waals surface area contributed by atoms with Crippen molar-refractivity contribution in [1.29, 1.82) is 0 Å². The van der Waals surface area contributed by atoms with E-state index in [4.69, 9.17) is 9.15 Å². The van der Waals surface area contributed by atoms with E-state index in [-0.39, 0.29) is 18.0 Å². The van der Waals surface area contributed by atoms with E-state index >= 15 is 0 Å². The van der Waals surface area contributed by atoms with Gasteiger partial charge in [-0.1, -0.05) is 30.3 Å². The second-order valence-corrected chi connectivity index (χ2v) is 4.86.